The van der Waals surface area contributed by atoms with E-state index in [1.165, 1.54) is 12.1 Å². The summed E-state index contributed by atoms with van der Waals surface area (Å²) in [5.41, 5.74) is -0.255. The molecule has 5 nitrogen and oxygen atoms in total. The minimum atomic E-state index is -0.781. The van der Waals surface area contributed by atoms with Gasteiger partial charge in [-0.1, -0.05) is 6.92 Å². The lowest BCUT2D eigenvalue weighted by Gasteiger charge is -2.31. The molecule has 2 rings (SSSR count). The van der Waals surface area contributed by atoms with Gasteiger partial charge >= 0.3 is 5.97 Å². The Balaban J connectivity index is 2.42. The number of nitrogens with one attached hydrogen (secondary N) is 1. The summed E-state index contributed by atoms with van der Waals surface area (Å²) in [5, 5.41) is 2.65. The van der Waals surface area contributed by atoms with Gasteiger partial charge in [0.1, 0.15) is 11.9 Å². The third-order valence-electron chi connectivity index (χ3n) is 3.72. The Morgan fingerprint density at radius 1 is 1.55 bits per heavy atom. The van der Waals surface area contributed by atoms with E-state index in [-0.39, 0.29) is 18.9 Å². The molecule has 1 aromatic rings. The maximum absolute atomic E-state index is 13.0. The van der Waals surface area contributed by atoms with Crippen LogP contribution < -0.4 is 5.32 Å². The maximum Gasteiger partial charge on any atom is 0.329 e. The number of halogens is 1. The van der Waals surface area contributed by atoms with Gasteiger partial charge in [-0.25, -0.2) is 9.18 Å². The molecule has 2 heterocycles. The molecule has 1 amide bonds. The maximum atomic E-state index is 13.0. The largest absolute Gasteiger partial charge is 0.464 e. The first-order valence-electron chi connectivity index (χ1n) is 6.61. The lowest BCUT2D eigenvalue weighted by molar-refractivity contribution is -0.147. The number of pyridine rings is 1. The van der Waals surface area contributed by atoms with Crippen LogP contribution in [0.15, 0.2) is 18.3 Å². The fourth-order valence-electron chi connectivity index (χ4n) is 2.67. The molecule has 1 saturated heterocycles. The van der Waals surface area contributed by atoms with Gasteiger partial charge in [-0.15, -0.1) is 0 Å². The van der Waals surface area contributed by atoms with Crippen molar-refractivity contribution in [2.24, 2.45) is 0 Å². The predicted molar refractivity (Wildman–Crippen MR) is 69.3 cm³/mol. The van der Waals surface area contributed by atoms with Crippen molar-refractivity contribution in [2.75, 3.05) is 6.61 Å². The molecule has 0 radical (unpaired) electrons. The molecule has 0 saturated carbocycles. The van der Waals surface area contributed by atoms with Crippen molar-refractivity contribution in [1.82, 2.24) is 10.3 Å². The minimum absolute atomic E-state index is 0.144. The van der Waals surface area contributed by atoms with Crippen LogP contribution in [0, 0.1) is 5.82 Å². The fraction of sp³-hybridized carbons (Fsp3) is 0.500. The monoisotopic (exact) mass is 280 g/mol. The van der Waals surface area contributed by atoms with Crippen LogP contribution in [0.25, 0.3) is 0 Å². The van der Waals surface area contributed by atoms with E-state index in [0.29, 0.717) is 12.1 Å². The van der Waals surface area contributed by atoms with Crippen LogP contribution in [0.1, 0.15) is 32.4 Å². The first kappa shape index (κ1) is 14.4. The second-order valence-corrected chi connectivity index (χ2v) is 4.80. The van der Waals surface area contributed by atoms with Gasteiger partial charge in [-0.2, -0.15) is 0 Å². The smallest absolute Gasteiger partial charge is 0.329 e. The Morgan fingerprint density at radius 2 is 2.30 bits per heavy atom. The third-order valence-corrected chi connectivity index (χ3v) is 3.72. The molecule has 0 aliphatic carbocycles. The van der Waals surface area contributed by atoms with Crippen molar-refractivity contribution < 1.29 is 18.7 Å². The van der Waals surface area contributed by atoms with E-state index in [0.717, 1.165) is 6.20 Å². The van der Waals surface area contributed by atoms with Crippen LogP contribution in [0.2, 0.25) is 0 Å². The van der Waals surface area contributed by atoms with Crippen LogP contribution in [0.4, 0.5) is 4.39 Å². The van der Waals surface area contributed by atoms with E-state index in [9.17, 15) is 14.0 Å². The molecule has 0 bridgehead atoms. The number of rotatable bonds is 4. The minimum Gasteiger partial charge on any atom is -0.464 e. The van der Waals surface area contributed by atoms with Gasteiger partial charge in [0.2, 0.25) is 5.91 Å². The van der Waals surface area contributed by atoms with E-state index >= 15 is 0 Å². The lowest BCUT2D eigenvalue weighted by atomic mass is 9.74. The predicted octanol–water partition coefficient (Wildman–Crippen LogP) is 1.32. The molecule has 1 aromatic heterocycles. The zero-order valence-electron chi connectivity index (χ0n) is 11.5. The van der Waals surface area contributed by atoms with E-state index < -0.39 is 23.2 Å². The number of hydrogen-bond acceptors (Lipinski definition) is 4. The first-order valence-corrected chi connectivity index (χ1v) is 6.61. The third kappa shape index (κ3) is 2.37. The number of amides is 1. The summed E-state index contributed by atoms with van der Waals surface area (Å²) < 4.78 is 18.0. The summed E-state index contributed by atoms with van der Waals surface area (Å²) in [6.07, 6.45) is 1.76. The van der Waals surface area contributed by atoms with Gasteiger partial charge in [0.15, 0.2) is 0 Å². The van der Waals surface area contributed by atoms with Gasteiger partial charge in [0.25, 0.3) is 0 Å². The van der Waals surface area contributed by atoms with Crippen LogP contribution >= 0.6 is 0 Å². The van der Waals surface area contributed by atoms with Crippen molar-refractivity contribution in [3.8, 4) is 0 Å². The molecule has 1 aliphatic rings. The highest BCUT2D eigenvalue weighted by Gasteiger charge is 2.52. The summed E-state index contributed by atoms with van der Waals surface area (Å²) in [6.45, 7) is 3.82. The zero-order valence-corrected chi connectivity index (χ0v) is 11.5. The molecule has 1 fully saturated rings. The molecule has 20 heavy (non-hydrogen) atoms. The second kappa shape index (κ2) is 5.56. The standard InChI is InChI=1S/C14H17FN2O3/c1-3-14(10-6-5-9(15)8-16-10)7-11(18)17-12(14)13(19)20-4-2/h5-6,8,12H,3-4,7H2,1-2H3,(H,17,18). The quantitative estimate of drug-likeness (QED) is 0.845. The molecular weight excluding hydrogens is 263 g/mol. The summed E-state index contributed by atoms with van der Waals surface area (Å²) in [5.74, 6) is -1.16. The zero-order chi connectivity index (χ0) is 14.8. The number of carbonyl (C=O) groups excluding carboxylic acids is 2. The van der Waals surface area contributed by atoms with E-state index in [2.05, 4.69) is 10.3 Å². The molecule has 2 atom stereocenters. The van der Waals surface area contributed by atoms with Crippen LogP contribution in [0.3, 0.4) is 0 Å². The van der Waals surface area contributed by atoms with E-state index in [4.69, 9.17) is 4.74 Å². The van der Waals surface area contributed by atoms with Gasteiger partial charge < -0.3 is 10.1 Å². The Labute approximate surface area is 116 Å². The number of nitrogens with zero attached hydrogens (tertiary/aromatic N) is 1. The van der Waals surface area contributed by atoms with Crippen molar-refractivity contribution in [3.63, 3.8) is 0 Å². The molecule has 1 aliphatic heterocycles. The van der Waals surface area contributed by atoms with Crippen LogP contribution in [0.5, 0.6) is 0 Å². The van der Waals surface area contributed by atoms with E-state index in [1.807, 2.05) is 6.92 Å². The van der Waals surface area contributed by atoms with Crippen molar-refractivity contribution in [1.29, 1.82) is 0 Å². The summed E-state index contributed by atoms with van der Waals surface area (Å²) in [4.78, 5) is 27.9. The highest BCUT2D eigenvalue weighted by atomic mass is 19.1. The summed E-state index contributed by atoms with van der Waals surface area (Å²) in [6, 6.07) is 2.02. The number of hydrogen-bond donors (Lipinski definition) is 1. The first-order chi connectivity index (χ1) is 9.53. The van der Waals surface area contributed by atoms with Crippen LogP contribution in [-0.2, 0) is 19.7 Å². The lowest BCUT2D eigenvalue weighted by Crippen LogP contribution is -2.47. The molecule has 108 valence electrons. The highest BCUT2D eigenvalue weighted by Crippen LogP contribution is 2.38. The second-order valence-electron chi connectivity index (χ2n) is 4.80. The molecule has 6 heteroatoms. The Hall–Kier alpha value is -1.98. The number of esters is 1. The summed E-state index contributed by atoms with van der Waals surface area (Å²) in [7, 11) is 0. The van der Waals surface area contributed by atoms with Crippen molar-refractivity contribution >= 4 is 11.9 Å². The van der Waals surface area contributed by atoms with E-state index in [1.54, 1.807) is 6.92 Å². The Kier molecular flexibility index (Phi) is 4.01. The van der Waals surface area contributed by atoms with Gasteiger partial charge in [-0.05, 0) is 25.5 Å². The Bertz CT molecular complexity index is 518. The SMILES string of the molecule is CCOC(=O)C1NC(=O)CC1(CC)c1ccc(F)cn1. The topological polar surface area (TPSA) is 68.3 Å². The summed E-state index contributed by atoms with van der Waals surface area (Å²) >= 11 is 0. The van der Waals surface area contributed by atoms with Crippen LogP contribution in [-0.4, -0.2) is 29.5 Å². The van der Waals surface area contributed by atoms with Gasteiger partial charge in [0, 0.05) is 12.1 Å². The molecule has 1 N–H and O–H groups in total. The number of ether oxygens (including phenoxy) is 1. The number of aromatic nitrogens is 1. The normalized spacial score (nSPS) is 25.4. The molecular formula is C14H17FN2O3. The Morgan fingerprint density at radius 3 is 2.85 bits per heavy atom. The number of carbonyl (C=O) groups is 2. The molecule has 0 aromatic carbocycles. The average molecular weight is 280 g/mol. The van der Waals surface area contributed by atoms with Gasteiger partial charge in [0.05, 0.1) is 18.2 Å². The average Bonchev–Trinajstić information content (AvgIpc) is 2.78. The van der Waals surface area contributed by atoms with Crippen molar-refractivity contribution in [3.05, 3.63) is 29.8 Å². The molecule has 2 unspecified atom stereocenters. The fourth-order valence-corrected chi connectivity index (χ4v) is 2.67. The highest BCUT2D eigenvalue weighted by molar-refractivity contribution is 5.91. The van der Waals surface area contributed by atoms with Crippen molar-refractivity contribution in [2.45, 2.75) is 38.1 Å². The van der Waals surface area contributed by atoms with Gasteiger partial charge in [-0.3, -0.25) is 9.78 Å². The molecule has 0 spiro atoms.